The molecule has 1 aliphatic rings. The number of fused-ring (bicyclic) bond motifs is 1. The summed E-state index contributed by atoms with van der Waals surface area (Å²) in [5.41, 5.74) is 1.57. The first-order chi connectivity index (χ1) is 12.9. The molecular formula is C19H20N2O5S. The molecule has 0 aromatic heterocycles. The van der Waals surface area contributed by atoms with E-state index in [9.17, 15) is 13.2 Å². The summed E-state index contributed by atoms with van der Waals surface area (Å²) in [5.74, 6) is 0.284. The molecule has 0 amide bonds. The van der Waals surface area contributed by atoms with Gasteiger partial charge in [-0.2, -0.15) is 0 Å². The Hall–Kier alpha value is -2.87. The van der Waals surface area contributed by atoms with E-state index in [2.05, 4.69) is 9.71 Å². The largest absolute Gasteiger partial charge is 0.490 e. The number of rotatable bonds is 6. The lowest BCUT2D eigenvalue weighted by Crippen LogP contribution is -2.27. The molecule has 27 heavy (non-hydrogen) atoms. The van der Waals surface area contributed by atoms with Gasteiger partial charge in [-0.1, -0.05) is 29.8 Å². The van der Waals surface area contributed by atoms with Gasteiger partial charge in [-0.15, -0.1) is 0 Å². The molecular weight excluding hydrogens is 368 g/mol. The predicted octanol–water partition coefficient (Wildman–Crippen LogP) is 2.04. The van der Waals surface area contributed by atoms with Gasteiger partial charge in [0.15, 0.2) is 0 Å². The van der Waals surface area contributed by atoms with Crippen LogP contribution in [-0.2, 0) is 19.6 Å². The fourth-order valence-corrected chi connectivity index (χ4v) is 3.77. The van der Waals surface area contributed by atoms with Crippen molar-refractivity contribution in [3.05, 3.63) is 59.7 Å². The predicted molar refractivity (Wildman–Crippen MR) is 100 cm³/mol. The average Bonchev–Trinajstić information content (AvgIpc) is 2.90. The fraction of sp³-hybridized carbons (Fsp3) is 0.263. The first-order valence-electron chi connectivity index (χ1n) is 8.43. The molecule has 0 saturated carbocycles. The number of aliphatic imine (C=N–C) groups is 1. The summed E-state index contributed by atoms with van der Waals surface area (Å²) in [6.45, 7) is 3.82. The van der Waals surface area contributed by atoms with E-state index in [1.165, 1.54) is 6.07 Å². The van der Waals surface area contributed by atoms with Crippen LogP contribution < -0.4 is 9.46 Å². The number of nitrogens with one attached hydrogen (secondary N) is 1. The molecule has 0 radical (unpaired) electrons. The molecule has 0 saturated heterocycles. The number of carbonyl (C=O) groups excluding carboxylic acids is 1. The summed E-state index contributed by atoms with van der Waals surface area (Å²) < 4.78 is 37.1. The van der Waals surface area contributed by atoms with Crippen molar-refractivity contribution in [1.29, 1.82) is 0 Å². The number of benzene rings is 2. The minimum absolute atomic E-state index is 0.0736. The summed E-state index contributed by atoms with van der Waals surface area (Å²) in [5, 5.41) is 0. The number of nitrogens with zero attached hydrogens (tertiary/aromatic N) is 1. The van der Waals surface area contributed by atoms with Gasteiger partial charge in [0, 0.05) is 5.56 Å². The van der Waals surface area contributed by atoms with Crippen molar-refractivity contribution in [2.75, 3.05) is 13.2 Å². The monoisotopic (exact) mass is 388 g/mol. The van der Waals surface area contributed by atoms with Gasteiger partial charge in [0.05, 0.1) is 4.90 Å². The van der Waals surface area contributed by atoms with Crippen LogP contribution in [0.2, 0.25) is 0 Å². The third-order valence-electron chi connectivity index (χ3n) is 3.94. The summed E-state index contributed by atoms with van der Waals surface area (Å²) in [7, 11) is -3.63. The number of amidine groups is 1. The Morgan fingerprint density at radius 2 is 1.81 bits per heavy atom. The molecule has 0 unspecified atom stereocenters. The Morgan fingerprint density at radius 1 is 1.11 bits per heavy atom. The van der Waals surface area contributed by atoms with Crippen LogP contribution in [-0.4, -0.2) is 39.5 Å². The van der Waals surface area contributed by atoms with E-state index < -0.39 is 22.0 Å². The van der Waals surface area contributed by atoms with Crippen molar-refractivity contribution in [1.82, 2.24) is 4.72 Å². The zero-order chi connectivity index (χ0) is 19.4. The molecule has 1 heterocycles. The standard InChI is InChI=1S/C19H20N2O5S/c1-13-7-9-15(10-8-13)25-11-12-26-19(22)14(2)20-18-16-5-3-4-6-17(16)27(23,24)21-18/h3-10,14H,11-12H2,1-2H3,(H,20,21)/t14-/m1/s1. The Bertz CT molecular complexity index is 968. The van der Waals surface area contributed by atoms with Gasteiger partial charge in [0.25, 0.3) is 10.0 Å². The summed E-state index contributed by atoms with van der Waals surface area (Å²) in [4.78, 5) is 16.4. The number of hydrogen-bond acceptors (Lipinski definition) is 6. The van der Waals surface area contributed by atoms with E-state index in [0.717, 1.165) is 5.56 Å². The molecule has 1 aliphatic heterocycles. The van der Waals surface area contributed by atoms with Crippen molar-refractivity contribution in [2.45, 2.75) is 24.8 Å². The van der Waals surface area contributed by atoms with E-state index in [-0.39, 0.29) is 23.9 Å². The van der Waals surface area contributed by atoms with Gasteiger partial charge in [-0.3, -0.25) is 9.71 Å². The van der Waals surface area contributed by atoms with Crippen molar-refractivity contribution >= 4 is 21.8 Å². The lowest BCUT2D eigenvalue weighted by Gasteiger charge is -2.10. The number of ether oxygens (including phenoxy) is 2. The number of aryl methyl sites for hydroxylation is 1. The Labute approximate surface area is 158 Å². The van der Waals surface area contributed by atoms with E-state index >= 15 is 0 Å². The van der Waals surface area contributed by atoms with Crippen LogP contribution in [0.15, 0.2) is 58.4 Å². The second kappa shape index (κ2) is 7.79. The van der Waals surface area contributed by atoms with E-state index in [1.54, 1.807) is 25.1 Å². The number of carbonyl (C=O) groups is 1. The number of hydrogen-bond donors (Lipinski definition) is 1. The molecule has 142 valence electrons. The topological polar surface area (TPSA) is 94.1 Å². The van der Waals surface area contributed by atoms with Crippen LogP contribution in [0.1, 0.15) is 18.1 Å². The Morgan fingerprint density at radius 3 is 2.56 bits per heavy atom. The first-order valence-corrected chi connectivity index (χ1v) is 9.91. The second-order valence-corrected chi connectivity index (χ2v) is 7.74. The normalized spacial score (nSPS) is 17.0. The molecule has 0 bridgehead atoms. The first kappa shape index (κ1) is 18.9. The van der Waals surface area contributed by atoms with Crippen LogP contribution in [0.4, 0.5) is 0 Å². The van der Waals surface area contributed by atoms with Crippen LogP contribution in [0.3, 0.4) is 0 Å². The lowest BCUT2D eigenvalue weighted by molar-refractivity contribution is -0.145. The second-order valence-electron chi connectivity index (χ2n) is 6.08. The van der Waals surface area contributed by atoms with Crippen LogP contribution in [0.5, 0.6) is 5.75 Å². The van der Waals surface area contributed by atoms with Crippen molar-refractivity contribution < 1.29 is 22.7 Å². The van der Waals surface area contributed by atoms with Crippen molar-refractivity contribution in [2.24, 2.45) is 4.99 Å². The zero-order valence-electron chi connectivity index (χ0n) is 15.0. The van der Waals surface area contributed by atoms with Crippen molar-refractivity contribution in [3.63, 3.8) is 0 Å². The minimum atomic E-state index is -3.63. The SMILES string of the molecule is Cc1ccc(OCCOC(=O)[C@@H](C)N=C2NS(=O)(=O)c3ccccc32)cc1. The Balaban J connectivity index is 1.55. The highest BCUT2D eigenvalue weighted by Crippen LogP contribution is 2.22. The van der Waals surface area contributed by atoms with E-state index in [1.807, 2.05) is 31.2 Å². The maximum absolute atomic E-state index is 12.1. The number of esters is 1. The third-order valence-corrected chi connectivity index (χ3v) is 5.34. The lowest BCUT2D eigenvalue weighted by atomic mass is 10.2. The van der Waals surface area contributed by atoms with Gasteiger partial charge >= 0.3 is 5.97 Å². The molecule has 1 N–H and O–H groups in total. The molecule has 0 fully saturated rings. The third kappa shape index (κ3) is 4.46. The highest BCUT2D eigenvalue weighted by molar-refractivity contribution is 7.90. The smallest absolute Gasteiger partial charge is 0.330 e. The highest BCUT2D eigenvalue weighted by atomic mass is 32.2. The van der Waals surface area contributed by atoms with Gasteiger partial charge < -0.3 is 9.47 Å². The molecule has 0 aliphatic carbocycles. The van der Waals surface area contributed by atoms with Crippen LogP contribution >= 0.6 is 0 Å². The van der Waals surface area contributed by atoms with Crippen molar-refractivity contribution in [3.8, 4) is 5.75 Å². The number of sulfonamides is 1. The van der Waals surface area contributed by atoms with Crippen LogP contribution in [0.25, 0.3) is 0 Å². The molecule has 0 spiro atoms. The molecule has 7 nitrogen and oxygen atoms in total. The molecule has 2 aromatic rings. The highest BCUT2D eigenvalue weighted by Gasteiger charge is 2.31. The maximum Gasteiger partial charge on any atom is 0.330 e. The summed E-state index contributed by atoms with van der Waals surface area (Å²) >= 11 is 0. The zero-order valence-corrected chi connectivity index (χ0v) is 15.8. The quantitative estimate of drug-likeness (QED) is 0.604. The molecule has 3 rings (SSSR count). The van der Waals surface area contributed by atoms with E-state index in [4.69, 9.17) is 9.47 Å². The van der Waals surface area contributed by atoms with Gasteiger partial charge in [0.1, 0.15) is 30.8 Å². The van der Waals surface area contributed by atoms with Gasteiger partial charge in [-0.05, 0) is 38.1 Å². The fourth-order valence-electron chi connectivity index (χ4n) is 2.53. The molecule has 2 aromatic carbocycles. The summed E-state index contributed by atoms with van der Waals surface area (Å²) in [6, 6.07) is 13.2. The minimum Gasteiger partial charge on any atom is -0.490 e. The molecule has 1 atom stereocenters. The van der Waals surface area contributed by atoms with E-state index in [0.29, 0.717) is 11.3 Å². The van der Waals surface area contributed by atoms with Gasteiger partial charge in [-0.25, -0.2) is 13.2 Å². The maximum atomic E-state index is 12.1. The van der Waals surface area contributed by atoms with Crippen LogP contribution in [0, 0.1) is 6.92 Å². The summed E-state index contributed by atoms with van der Waals surface area (Å²) in [6.07, 6.45) is 0. The Kier molecular flexibility index (Phi) is 5.46. The molecule has 8 heteroatoms. The van der Waals surface area contributed by atoms with Gasteiger partial charge in [0.2, 0.25) is 0 Å². The average molecular weight is 388 g/mol.